The van der Waals surface area contributed by atoms with Crippen LogP contribution in [0.2, 0.25) is 0 Å². The standard InChI is InChI=1S/C8H7NO6S/c10-8(11)7(16(14)15)5-1-3-6(4-2-5)9(12)13/h1-4,7H,(H,10,11)(H,14,15). The lowest BCUT2D eigenvalue weighted by atomic mass is 10.1. The van der Waals surface area contributed by atoms with Crippen LogP contribution in [-0.2, 0) is 15.9 Å². The van der Waals surface area contributed by atoms with Gasteiger partial charge in [-0.25, -0.2) is 4.21 Å². The molecular weight excluding hydrogens is 238 g/mol. The summed E-state index contributed by atoms with van der Waals surface area (Å²) in [5.41, 5.74) is -0.171. The lowest BCUT2D eigenvalue weighted by Crippen LogP contribution is -2.16. The molecule has 2 atom stereocenters. The molecule has 0 aliphatic heterocycles. The lowest BCUT2D eigenvalue weighted by Gasteiger charge is -2.07. The predicted molar refractivity (Wildman–Crippen MR) is 54.2 cm³/mol. The lowest BCUT2D eigenvalue weighted by molar-refractivity contribution is -0.384. The summed E-state index contributed by atoms with van der Waals surface area (Å²) in [7, 11) is 0. The Morgan fingerprint density at radius 1 is 1.38 bits per heavy atom. The van der Waals surface area contributed by atoms with Crippen LogP contribution in [0.1, 0.15) is 10.8 Å². The molecule has 86 valence electrons. The van der Waals surface area contributed by atoms with Crippen molar-refractivity contribution < 1.29 is 23.6 Å². The second-order valence-electron chi connectivity index (χ2n) is 2.84. The normalized spacial score (nSPS) is 14.1. The molecule has 1 aromatic carbocycles. The Morgan fingerprint density at radius 3 is 2.19 bits per heavy atom. The van der Waals surface area contributed by atoms with Gasteiger partial charge in [0.1, 0.15) is 0 Å². The van der Waals surface area contributed by atoms with Gasteiger partial charge in [-0.15, -0.1) is 0 Å². The molecule has 0 aromatic heterocycles. The number of aliphatic carboxylic acids is 1. The highest BCUT2D eigenvalue weighted by atomic mass is 32.2. The van der Waals surface area contributed by atoms with Gasteiger partial charge < -0.3 is 9.66 Å². The Morgan fingerprint density at radius 2 is 1.88 bits per heavy atom. The largest absolute Gasteiger partial charge is 0.480 e. The van der Waals surface area contributed by atoms with E-state index in [0.717, 1.165) is 24.3 Å². The van der Waals surface area contributed by atoms with E-state index in [1.165, 1.54) is 0 Å². The molecule has 0 bridgehead atoms. The van der Waals surface area contributed by atoms with Crippen LogP contribution in [0.5, 0.6) is 0 Å². The van der Waals surface area contributed by atoms with Gasteiger partial charge in [0.25, 0.3) is 5.69 Å². The summed E-state index contributed by atoms with van der Waals surface area (Å²) in [6, 6.07) is 4.45. The molecule has 0 saturated heterocycles. The second kappa shape index (κ2) is 4.81. The van der Waals surface area contributed by atoms with Gasteiger partial charge in [-0.2, -0.15) is 0 Å². The number of carboxylic acids is 1. The van der Waals surface area contributed by atoms with E-state index in [0.29, 0.717) is 0 Å². The predicted octanol–water partition coefficient (Wildman–Crippen LogP) is 0.942. The monoisotopic (exact) mass is 245 g/mol. The number of nitro groups is 1. The first-order valence-electron chi connectivity index (χ1n) is 4.00. The average Bonchev–Trinajstić information content (AvgIpc) is 2.17. The van der Waals surface area contributed by atoms with E-state index in [9.17, 15) is 19.1 Å². The third kappa shape index (κ3) is 2.61. The summed E-state index contributed by atoms with van der Waals surface area (Å²) < 4.78 is 19.5. The van der Waals surface area contributed by atoms with Crippen LogP contribution in [-0.4, -0.2) is 24.8 Å². The molecule has 8 heteroatoms. The number of nitro benzene ring substituents is 1. The second-order valence-corrected chi connectivity index (χ2v) is 3.87. The molecule has 1 aromatic rings. The number of hydrogen-bond acceptors (Lipinski definition) is 4. The molecule has 2 N–H and O–H groups in total. The van der Waals surface area contributed by atoms with Crippen LogP contribution in [0, 0.1) is 10.1 Å². The number of hydrogen-bond donors (Lipinski definition) is 2. The molecule has 0 fully saturated rings. The number of carboxylic acid groups (broad SMARTS) is 1. The van der Waals surface area contributed by atoms with Crippen molar-refractivity contribution >= 4 is 22.7 Å². The summed E-state index contributed by atoms with van der Waals surface area (Å²) in [6.45, 7) is 0. The molecule has 0 amide bonds. The Kier molecular flexibility index (Phi) is 3.69. The van der Waals surface area contributed by atoms with E-state index in [4.69, 9.17) is 9.66 Å². The van der Waals surface area contributed by atoms with Gasteiger partial charge in [0, 0.05) is 12.1 Å². The highest BCUT2D eigenvalue weighted by Gasteiger charge is 2.26. The van der Waals surface area contributed by atoms with E-state index < -0.39 is 27.2 Å². The molecule has 1 rings (SSSR count). The number of rotatable bonds is 4. The molecule has 0 aliphatic rings. The third-order valence-electron chi connectivity index (χ3n) is 1.83. The first-order chi connectivity index (χ1) is 7.43. The summed E-state index contributed by atoms with van der Waals surface area (Å²) in [5.74, 6) is -1.46. The van der Waals surface area contributed by atoms with Crippen molar-refractivity contribution in [2.24, 2.45) is 0 Å². The minimum absolute atomic E-state index is 0.0407. The fourth-order valence-electron chi connectivity index (χ4n) is 1.12. The Bertz CT molecular complexity index is 428. The van der Waals surface area contributed by atoms with Crippen LogP contribution in [0.3, 0.4) is 0 Å². The van der Waals surface area contributed by atoms with E-state index >= 15 is 0 Å². The van der Waals surface area contributed by atoms with Crippen molar-refractivity contribution in [3.63, 3.8) is 0 Å². The highest BCUT2D eigenvalue weighted by Crippen LogP contribution is 2.21. The molecule has 2 unspecified atom stereocenters. The van der Waals surface area contributed by atoms with Gasteiger partial charge in [0.15, 0.2) is 16.3 Å². The quantitative estimate of drug-likeness (QED) is 0.463. The third-order valence-corrected chi connectivity index (χ3v) is 2.71. The smallest absolute Gasteiger partial charge is 0.326 e. The van der Waals surface area contributed by atoms with E-state index in [1.807, 2.05) is 0 Å². The molecule has 7 nitrogen and oxygen atoms in total. The summed E-state index contributed by atoms with van der Waals surface area (Å²) in [6.07, 6.45) is 0. The maximum absolute atomic E-state index is 10.8. The van der Waals surface area contributed by atoms with Crippen LogP contribution >= 0.6 is 0 Å². The fraction of sp³-hybridized carbons (Fsp3) is 0.125. The fourth-order valence-corrected chi connectivity index (χ4v) is 1.68. The van der Waals surface area contributed by atoms with Crippen molar-refractivity contribution in [1.82, 2.24) is 0 Å². The Balaban J connectivity index is 3.08. The minimum atomic E-state index is -2.57. The maximum Gasteiger partial charge on any atom is 0.326 e. The van der Waals surface area contributed by atoms with Crippen LogP contribution in [0.15, 0.2) is 24.3 Å². The highest BCUT2D eigenvalue weighted by molar-refractivity contribution is 7.80. The van der Waals surface area contributed by atoms with Gasteiger partial charge >= 0.3 is 5.97 Å². The SMILES string of the molecule is O=C(O)C(c1ccc([N+](=O)[O-])cc1)S(=O)O. The number of non-ortho nitro benzene ring substituents is 1. The first-order valence-corrected chi connectivity index (χ1v) is 5.17. The summed E-state index contributed by atoms with van der Waals surface area (Å²) in [5, 5.41) is 17.4. The van der Waals surface area contributed by atoms with Gasteiger partial charge in [-0.1, -0.05) is 12.1 Å². The van der Waals surface area contributed by atoms with E-state index in [1.54, 1.807) is 0 Å². The number of carbonyl (C=O) groups is 1. The van der Waals surface area contributed by atoms with Crippen molar-refractivity contribution in [2.75, 3.05) is 0 Å². The van der Waals surface area contributed by atoms with Crippen LogP contribution in [0.4, 0.5) is 5.69 Å². The van der Waals surface area contributed by atoms with Gasteiger partial charge in [-0.05, 0) is 5.56 Å². The van der Waals surface area contributed by atoms with Gasteiger partial charge in [0.05, 0.1) is 4.92 Å². The van der Waals surface area contributed by atoms with Gasteiger partial charge in [-0.3, -0.25) is 14.9 Å². The molecule has 0 spiro atoms. The molecule has 16 heavy (non-hydrogen) atoms. The van der Waals surface area contributed by atoms with Crippen molar-refractivity contribution in [1.29, 1.82) is 0 Å². The zero-order valence-corrected chi connectivity index (χ0v) is 8.59. The van der Waals surface area contributed by atoms with Crippen molar-refractivity contribution in [3.8, 4) is 0 Å². The van der Waals surface area contributed by atoms with Gasteiger partial charge in [0.2, 0.25) is 0 Å². The number of nitrogens with zero attached hydrogens (tertiary/aromatic N) is 1. The first kappa shape index (κ1) is 12.3. The Labute approximate surface area is 92.1 Å². The minimum Gasteiger partial charge on any atom is -0.480 e. The molecule has 0 heterocycles. The zero-order valence-electron chi connectivity index (χ0n) is 7.77. The summed E-state index contributed by atoms with van der Waals surface area (Å²) >= 11 is -2.57. The van der Waals surface area contributed by atoms with Crippen molar-refractivity contribution in [3.05, 3.63) is 39.9 Å². The molecule has 0 saturated carbocycles. The topological polar surface area (TPSA) is 118 Å². The number of benzene rings is 1. The van der Waals surface area contributed by atoms with Crippen LogP contribution < -0.4 is 0 Å². The Hall–Kier alpha value is -1.80. The van der Waals surface area contributed by atoms with Crippen molar-refractivity contribution in [2.45, 2.75) is 5.25 Å². The van der Waals surface area contributed by atoms with Crippen LogP contribution in [0.25, 0.3) is 0 Å². The zero-order chi connectivity index (χ0) is 12.3. The molecule has 0 radical (unpaired) electrons. The molecule has 0 aliphatic carbocycles. The van der Waals surface area contributed by atoms with E-state index in [-0.39, 0.29) is 11.3 Å². The maximum atomic E-state index is 10.8. The van der Waals surface area contributed by atoms with E-state index in [2.05, 4.69) is 0 Å². The molecular formula is C8H7NO6S. The average molecular weight is 245 g/mol. The summed E-state index contributed by atoms with van der Waals surface area (Å²) in [4.78, 5) is 20.4.